The monoisotopic (exact) mass is 237 g/mol. The zero-order valence-electron chi connectivity index (χ0n) is 8.36. The Bertz CT molecular complexity index is 226. The Morgan fingerprint density at radius 3 is 2.80 bits per heavy atom. The molecular weight excluding hydrogens is 221 g/mol. The summed E-state index contributed by atoms with van der Waals surface area (Å²) < 4.78 is 11.8. The van der Waals surface area contributed by atoms with Crippen LogP contribution in [0.15, 0.2) is 4.99 Å². The molecule has 5 nitrogen and oxygen atoms in total. The average Bonchev–Trinajstić information content (AvgIpc) is 2.22. The second-order valence-electron chi connectivity index (χ2n) is 2.88. The van der Waals surface area contributed by atoms with Crippen LogP contribution in [-0.4, -0.2) is 47.7 Å². The van der Waals surface area contributed by atoms with E-state index in [0.717, 1.165) is 12.2 Å². The predicted molar refractivity (Wildman–Crippen MR) is 60.0 cm³/mol. The molecule has 0 saturated carbocycles. The maximum Gasteiger partial charge on any atom is 0.321 e. The molecule has 88 valence electrons. The first-order valence-corrected chi connectivity index (χ1v) is 5.64. The van der Waals surface area contributed by atoms with E-state index in [9.17, 15) is 9.18 Å². The van der Waals surface area contributed by atoms with Crippen molar-refractivity contribution < 1.29 is 14.3 Å². The molecule has 0 rings (SSSR count). The van der Waals surface area contributed by atoms with Gasteiger partial charge in [0.05, 0.1) is 0 Å². The minimum Gasteiger partial charge on any atom is -0.480 e. The molecule has 1 atom stereocenters. The fourth-order valence-electron chi connectivity index (χ4n) is 0.713. The van der Waals surface area contributed by atoms with Crippen LogP contribution < -0.4 is 11.5 Å². The van der Waals surface area contributed by atoms with Gasteiger partial charge in [-0.15, -0.1) is 0 Å². The zero-order valence-corrected chi connectivity index (χ0v) is 9.17. The Labute approximate surface area is 92.1 Å². The van der Waals surface area contributed by atoms with Crippen LogP contribution in [0.3, 0.4) is 0 Å². The molecule has 0 spiro atoms. The Kier molecular flexibility index (Phi) is 8.02. The molecule has 1 unspecified atom stereocenters. The van der Waals surface area contributed by atoms with Crippen LogP contribution in [0.4, 0.5) is 4.39 Å². The van der Waals surface area contributed by atoms with E-state index in [1.54, 1.807) is 0 Å². The molecule has 0 aliphatic carbocycles. The van der Waals surface area contributed by atoms with Crippen molar-refractivity contribution in [3.05, 3.63) is 0 Å². The van der Waals surface area contributed by atoms with Gasteiger partial charge in [0.1, 0.15) is 18.6 Å². The van der Waals surface area contributed by atoms with E-state index >= 15 is 0 Å². The average molecular weight is 237 g/mol. The van der Waals surface area contributed by atoms with Crippen molar-refractivity contribution in [2.75, 3.05) is 24.7 Å². The van der Waals surface area contributed by atoms with Crippen LogP contribution in [-0.2, 0) is 4.79 Å². The number of halogens is 1. The van der Waals surface area contributed by atoms with Gasteiger partial charge in [-0.05, 0) is 12.2 Å². The standard InChI is InChI=1S/C8H16FN3O2S/c9-4-7(11)12-2-1-3-15-5-6(10)8(13)14/h6H,1-5,10H2,(H2,11,12)(H,13,14). The summed E-state index contributed by atoms with van der Waals surface area (Å²) in [5.74, 6) is 0.117. The summed E-state index contributed by atoms with van der Waals surface area (Å²) in [7, 11) is 0. The van der Waals surface area contributed by atoms with Gasteiger partial charge in [-0.2, -0.15) is 11.8 Å². The number of carbonyl (C=O) groups is 1. The number of carboxylic acid groups (broad SMARTS) is 1. The van der Waals surface area contributed by atoms with E-state index in [1.807, 2.05) is 0 Å². The maximum atomic E-state index is 11.8. The lowest BCUT2D eigenvalue weighted by atomic mass is 10.4. The van der Waals surface area contributed by atoms with Crippen LogP contribution in [0.5, 0.6) is 0 Å². The van der Waals surface area contributed by atoms with E-state index in [0.29, 0.717) is 12.3 Å². The SMILES string of the molecule is NC(CF)=NCCCSCC(N)C(=O)O. The molecule has 15 heavy (non-hydrogen) atoms. The Hall–Kier alpha value is -0.820. The molecule has 0 bridgehead atoms. The predicted octanol–water partition coefficient (Wildman–Crippen LogP) is -0.152. The van der Waals surface area contributed by atoms with E-state index in [4.69, 9.17) is 16.6 Å². The third-order valence-corrected chi connectivity index (χ3v) is 2.69. The summed E-state index contributed by atoms with van der Waals surface area (Å²) in [6, 6.07) is -0.825. The minimum absolute atomic E-state index is 0.00207. The highest BCUT2D eigenvalue weighted by molar-refractivity contribution is 7.99. The highest BCUT2D eigenvalue weighted by atomic mass is 32.2. The van der Waals surface area contributed by atoms with Gasteiger partial charge < -0.3 is 16.6 Å². The molecule has 0 fully saturated rings. The summed E-state index contributed by atoms with van der Waals surface area (Å²) in [6.45, 7) is -0.262. The van der Waals surface area contributed by atoms with Gasteiger partial charge >= 0.3 is 5.97 Å². The lowest BCUT2D eigenvalue weighted by Gasteiger charge is -2.04. The van der Waals surface area contributed by atoms with Crippen LogP contribution in [0.2, 0.25) is 0 Å². The lowest BCUT2D eigenvalue weighted by molar-refractivity contribution is -0.137. The number of aliphatic imine (C=N–C) groups is 1. The van der Waals surface area contributed by atoms with Gasteiger partial charge in [-0.1, -0.05) is 0 Å². The second-order valence-corrected chi connectivity index (χ2v) is 4.03. The molecule has 0 aromatic rings. The van der Waals surface area contributed by atoms with E-state index in [1.165, 1.54) is 11.8 Å². The van der Waals surface area contributed by atoms with Gasteiger partial charge in [0.15, 0.2) is 0 Å². The highest BCUT2D eigenvalue weighted by Gasteiger charge is 2.10. The van der Waals surface area contributed by atoms with Crippen molar-refractivity contribution in [1.29, 1.82) is 0 Å². The molecule has 0 saturated heterocycles. The van der Waals surface area contributed by atoms with Gasteiger partial charge in [-0.25, -0.2) is 4.39 Å². The van der Waals surface area contributed by atoms with Crippen molar-refractivity contribution in [2.24, 2.45) is 16.5 Å². The van der Waals surface area contributed by atoms with Crippen molar-refractivity contribution in [3.63, 3.8) is 0 Å². The number of amidine groups is 1. The number of hydrogen-bond acceptors (Lipinski definition) is 4. The van der Waals surface area contributed by atoms with Crippen molar-refractivity contribution in [1.82, 2.24) is 0 Å². The Morgan fingerprint density at radius 2 is 2.27 bits per heavy atom. The van der Waals surface area contributed by atoms with Crippen LogP contribution in [0.1, 0.15) is 6.42 Å². The first kappa shape index (κ1) is 14.2. The zero-order chi connectivity index (χ0) is 11.7. The smallest absolute Gasteiger partial charge is 0.321 e. The molecule has 0 radical (unpaired) electrons. The number of rotatable bonds is 8. The summed E-state index contributed by atoms with van der Waals surface area (Å²) in [5, 5.41) is 8.47. The largest absolute Gasteiger partial charge is 0.480 e. The van der Waals surface area contributed by atoms with Gasteiger partial charge in [-0.3, -0.25) is 9.79 Å². The molecule has 0 heterocycles. The van der Waals surface area contributed by atoms with Crippen LogP contribution in [0.25, 0.3) is 0 Å². The second kappa shape index (κ2) is 8.49. The first-order chi connectivity index (χ1) is 7.07. The van der Waals surface area contributed by atoms with Crippen molar-refractivity contribution in [2.45, 2.75) is 12.5 Å². The number of nitrogens with zero attached hydrogens (tertiary/aromatic N) is 1. The maximum absolute atomic E-state index is 11.8. The number of nitrogens with two attached hydrogens (primary N) is 2. The summed E-state index contributed by atoms with van der Waals surface area (Å²) in [6.07, 6.45) is 0.734. The summed E-state index contributed by atoms with van der Waals surface area (Å²) in [4.78, 5) is 14.1. The van der Waals surface area contributed by atoms with Crippen LogP contribution in [0, 0.1) is 0 Å². The quantitative estimate of drug-likeness (QED) is 0.309. The molecular formula is C8H16FN3O2S. The first-order valence-electron chi connectivity index (χ1n) is 4.48. The minimum atomic E-state index is -0.998. The molecule has 0 aliphatic heterocycles. The normalized spacial score (nSPS) is 13.9. The number of hydrogen-bond donors (Lipinski definition) is 3. The fraction of sp³-hybridized carbons (Fsp3) is 0.750. The molecule has 7 heteroatoms. The highest BCUT2D eigenvalue weighted by Crippen LogP contribution is 2.04. The molecule has 0 aliphatic rings. The third kappa shape index (κ3) is 8.19. The Morgan fingerprint density at radius 1 is 1.60 bits per heavy atom. The molecule has 5 N–H and O–H groups in total. The van der Waals surface area contributed by atoms with E-state index in [2.05, 4.69) is 4.99 Å². The van der Waals surface area contributed by atoms with Gasteiger partial charge in [0, 0.05) is 12.3 Å². The molecule has 0 aromatic heterocycles. The topological polar surface area (TPSA) is 102 Å². The number of thioether (sulfide) groups is 1. The van der Waals surface area contributed by atoms with E-state index < -0.39 is 18.7 Å². The van der Waals surface area contributed by atoms with Crippen LogP contribution >= 0.6 is 11.8 Å². The van der Waals surface area contributed by atoms with Gasteiger partial charge in [0.25, 0.3) is 0 Å². The fourth-order valence-corrected chi connectivity index (χ4v) is 1.61. The molecule has 0 amide bonds. The molecule has 0 aromatic carbocycles. The third-order valence-electron chi connectivity index (χ3n) is 1.51. The lowest BCUT2D eigenvalue weighted by Crippen LogP contribution is -2.32. The van der Waals surface area contributed by atoms with E-state index in [-0.39, 0.29) is 5.84 Å². The van der Waals surface area contributed by atoms with Crippen molar-refractivity contribution in [3.8, 4) is 0 Å². The summed E-state index contributed by atoms with van der Waals surface area (Å²) in [5.41, 5.74) is 10.4. The number of aliphatic carboxylic acids is 1. The Balaban J connectivity index is 3.36. The number of carboxylic acids is 1. The summed E-state index contributed by atoms with van der Waals surface area (Å²) >= 11 is 1.44. The van der Waals surface area contributed by atoms with Crippen molar-refractivity contribution >= 4 is 23.6 Å². The van der Waals surface area contributed by atoms with Gasteiger partial charge in [0.2, 0.25) is 0 Å². The number of alkyl halides is 1.